The molecule has 16 heavy (non-hydrogen) atoms. The first-order valence-corrected chi connectivity index (χ1v) is 5.61. The standard InChI is InChI=1S/C12H20N2O2/c1-5-6-7-8-11(2,3)12(4,13-9-15)14-10-16/h5-8H2,1-4H3. The Bertz CT molecular complexity index is 293. The van der Waals surface area contributed by atoms with E-state index in [2.05, 4.69) is 16.9 Å². The molecule has 0 aromatic rings. The molecular weight excluding hydrogens is 204 g/mol. The molecule has 4 nitrogen and oxygen atoms in total. The van der Waals surface area contributed by atoms with E-state index in [0.717, 1.165) is 25.7 Å². The molecule has 0 aliphatic carbocycles. The summed E-state index contributed by atoms with van der Waals surface area (Å²) in [5.74, 6) is 0. The average molecular weight is 224 g/mol. The minimum Gasteiger partial charge on any atom is -0.211 e. The van der Waals surface area contributed by atoms with Crippen molar-refractivity contribution in [3.05, 3.63) is 0 Å². The van der Waals surface area contributed by atoms with Crippen LogP contribution < -0.4 is 0 Å². The fraction of sp³-hybridized carbons (Fsp3) is 0.833. The summed E-state index contributed by atoms with van der Waals surface area (Å²) < 4.78 is 0. The highest BCUT2D eigenvalue weighted by Crippen LogP contribution is 2.39. The van der Waals surface area contributed by atoms with Gasteiger partial charge in [0.15, 0.2) is 5.66 Å². The highest BCUT2D eigenvalue weighted by molar-refractivity contribution is 5.39. The molecule has 4 heteroatoms. The maximum absolute atomic E-state index is 10.4. The molecule has 0 aromatic carbocycles. The number of aliphatic imine (C=N–C) groups is 2. The van der Waals surface area contributed by atoms with E-state index in [0.29, 0.717) is 0 Å². The Labute approximate surface area is 96.9 Å². The number of hydrogen-bond acceptors (Lipinski definition) is 4. The van der Waals surface area contributed by atoms with E-state index < -0.39 is 5.66 Å². The van der Waals surface area contributed by atoms with Gasteiger partial charge in [-0.3, -0.25) is 0 Å². The van der Waals surface area contributed by atoms with Crippen molar-refractivity contribution in [3.63, 3.8) is 0 Å². The zero-order valence-corrected chi connectivity index (χ0v) is 10.5. The van der Waals surface area contributed by atoms with Crippen molar-refractivity contribution in [2.75, 3.05) is 0 Å². The molecule has 0 spiro atoms. The van der Waals surface area contributed by atoms with E-state index in [9.17, 15) is 9.59 Å². The fourth-order valence-electron chi connectivity index (χ4n) is 1.56. The molecule has 0 aromatic heterocycles. The normalized spacial score (nSPS) is 14.5. The van der Waals surface area contributed by atoms with Crippen LogP contribution in [-0.4, -0.2) is 17.8 Å². The molecule has 90 valence electrons. The third-order valence-electron chi connectivity index (χ3n) is 3.21. The Morgan fingerprint density at radius 2 is 1.50 bits per heavy atom. The molecule has 0 N–H and O–H groups in total. The third-order valence-corrected chi connectivity index (χ3v) is 3.21. The maximum Gasteiger partial charge on any atom is 0.237 e. The Balaban J connectivity index is 4.88. The van der Waals surface area contributed by atoms with Crippen LogP contribution in [0.25, 0.3) is 0 Å². The van der Waals surface area contributed by atoms with Crippen molar-refractivity contribution in [2.24, 2.45) is 15.4 Å². The zero-order chi connectivity index (χ0) is 12.7. The van der Waals surface area contributed by atoms with Gasteiger partial charge < -0.3 is 0 Å². The highest BCUT2D eigenvalue weighted by atomic mass is 16.1. The van der Waals surface area contributed by atoms with Crippen molar-refractivity contribution in [1.82, 2.24) is 0 Å². The van der Waals surface area contributed by atoms with Gasteiger partial charge in [-0.05, 0) is 13.3 Å². The van der Waals surface area contributed by atoms with Crippen molar-refractivity contribution in [3.8, 4) is 0 Å². The summed E-state index contributed by atoms with van der Waals surface area (Å²) in [6, 6.07) is 0. The third kappa shape index (κ3) is 3.73. The fourth-order valence-corrected chi connectivity index (χ4v) is 1.56. The number of carbonyl (C=O) groups excluding carboxylic acids is 2. The van der Waals surface area contributed by atoms with Crippen LogP contribution in [0.2, 0.25) is 0 Å². The lowest BCUT2D eigenvalue weighted by Crippen LogP contribution is -2.38. The molecule has 0 amide bonds. The molecule has 0 bridgehead atoms. The molecule has 0 heterocycles. The molecule has 0 atom stereocenters. The quantitative estimate of drug-likeness (QED) is 0.379. The Morgan fingerprint density at radius 3 is 1.88 bits per heavy atom. The molecular formula is C12H20N2O2. The number of unbranched alkanes of at least 4 members (excludes halogenated alkanes) is 2. The molecule has 0 saturated carbocycles. The van der Waals surface area contributed by atoms with E-state index in [1.54, 1.807) is 6.92 Å². The lowest BCUT2D eigenvalue weighted by molar-refractivity contribution is 0.172. The largest absolute Gasteiger partial charge is 0.237 e. The van der Waals surface area contributed by atoms with Gasteiger partial charge >= 0.3 is 0 Å². The first kappa shape index (κ1) is 14.8. The first-order chi connectivity index (χ1) is 7.43. The van der Waals surface area contributed by atoms with E-state index in [1.165, 1.54) is 12.2 Å². The second kappa shape index (κ2) is 6.37. The Hall–Kier alpha value is -1.24. The van der Waals surface area contributed by atoms with Gasteiger partial charge in [0, 0.05) is 5.41 Å². The lowest BCUT2D eigenvalue weighted by Gasteiger charge is -2.35. The molecule has 0 fully saturated rings. The van der Waals surface area contributed by atoms with Crippen LogP contribution in [0, 0.1) is 5.41 Å². The van der Waals surface area contributed by atoms with Gasteiger partial charge in [0.1, 0.15) is 0 Å². The SMILES string of the molecule is CCCCCC(C)(C)C(C)(N=C=O)N=C=O. The summed E-state index contributed by atoms with van der Waals surface area (Å²) in [5.41, 5.74) is -1.40. The van der Waals surface area contributed by atoms with E-state index in [-0.39, 0.29) is 5.41 Å². The van der Waals surface area contributed by atoms with E-state index in [4.69, 9.17) is 0 Å². The van der Waals surface area contributed by atoms with Crippen LogP contribution in [0.15, 0.2) is 9.98 Å². The zero-order valence-electron chi connectivity index (χ0n) is 10.5. The molecule has 0 rings (SSSR count). The van der Waals surface area contributed by atoms with Crippen LogP contribution in [-0.2, 0) is 9.59 Å². The summed E-state index contributed by atoms with van der Waals surface area (Å²) in [6.07, 6.45) is 7.11. The molecule has 0 aliphatic rings. The van der Waals surface area contributed by atoms with Crippen LogP contribution in [0.4, 0.5) is 0 Å². The predicted octanol–water partition coefficient (Wildman–Crippen LogP) is 2.98. The van der Waals surface area contributed by atoms with Crippen molar-refractivity contribution in [2.45, 2.75) is 59.0 Å². The lowest BCUT2D eigenvalue weighted by atomic mass is 9.76. The van der Waals surface area contributed by atoms with Gasteiger partial charge in [-0.15, -0.1) is 0 Å². The minimum absolute atomic E-state index is 0.350. The van der Waals surface area contributed by atoms with Crippen LogP contribution in [0.5, 0.6) is 0 Å². The average Bonchev–Trinajstić information content (AvgIpc) is 2.18. The van der Waals surface area contributed by atoms with Gasteiger partial charge in [-0.2, -0.15) is 9.98 Å². The van der Waals surface area contributed by atoms with Gasteiger partial charge in [0.2, 0.25) is 12.2 Å². The van der Waals surface area contributed by atoms with Crippen molar-refractivity contribution in [1.29, 1.82) is 0 Å². The molecule has 0 aliphatic heterocycles. The summed E-state index contributed by atoms with van der Waals surface area (Å²) >= 11 is 0. The number of nitrogens with zero attached hydrogens (tertiary/aromatic N) is 2. The summed E-state index contributed by atoms with van der Waals surface area (Å²) in [7, 11) is 0. The van der Waals surface area contributed by atoms with E-state index in [1.807, 2.05) is 13.8 Å². The highest BCUT2D eigenvalue weighted by Gasteiger charge is 2.41. The van der Waals surface area contributed by atoms with Crippen LogP contribution >= 0.6 is 0 Å². The Morgan fingerprint density at radius 1 is 1.00 bits per heavy atom. The van der Waals surface area contributed by atoms with E-state index >= 15 is 0 Å². The van der Waals surface area contributed by atoms with Gasteiger partial charge in [-0.25, -0.2) is 9.59 Å². The maximum atomic E-state index is 10.4. The Kier molecular flexibility index (Phi) is 5.87. The van der Waals surface area contributed by atoms with Gasteiger partial charge in [0.05, 0.1) is 0 Å². The first-order valence-electron chi connectivity index (χ1n) is 5.61. The second-order valence-electron chi connectivity index (χ2n) is 4.77. The summed E-state index contributed by atoms with van der Waals surface area (Å²) in [4.78, 5) is 28.1. The smallest absolute Gasteiger partial charge is 0.211 e. The monoisotopic (exact) mass is 224 g/mol. The number of rotatable bonds is 7. The number of isocyanates is 2. The van der Waals surface area contributed by atoms with Crippen molar-refractivity contribution < 1.29 is 9.59 Å². The number of hydrogen-bond donors (Lipinski definition) is 0. The molecule has 0 unspecified atom stereocenters. The minimum atomic E-state index is -1.05. The van der Waals surface area contributed by atoms with Gasteiger partial charge in [0.25, 0.3) is 0 Å². The topological polar surface area (TPSA) is 58.9 Å². The summed E-state index contributed by atoms with van der Waals surface area (Å²) in [5, 5.41) is 0. The predicted molar refractivity (Wildman–Crippen MR) is 62.6 cm³/mol. The molecule has 0 saturated heterocycles. The summed E-state index contributed by atoms with van der Waals surface area (Å²) in [6.45, 7) is 7.68. The second-order valence-corrected chi connectivity index (χ2v) is 4.77. The van der Waals surface area contributed by atoms with Crippen LogP contribution in [0.3, 0.4) is 0 Å². The van der Waals surface area contributed by atoms with Crippen LogP contribution in [0.1, 0.15) is 53.4 Å². The molecule has 0 radical (unpaired) electrons. The van der Waals surface area contributed by atoms with Crippen molar-refractivity contribution >= 4 is 12.2 Å². The van der Waals surface area contributed by atoms with Gasteiger partial charge in [-0.1, -0.05) is 40.0 Å².